The zero-order chi connectivity index (χ0) is 17.1. The second kappa shape index (κ2) is 6.82. The Morgan fingerprint density at radius 3 is 2.88 bits per heavy atom. The number of carbonyl (C=O) groups is 1. The summed E-state index contributed by atoms with van der Waals surface area (Å²) < 4.78 is 0. The zero-order valence-corrected chi connectivity index (χ0v) is 14.0. The van der Waals surface area contributed by atoms with E-state index in [-0.39, 0.29) is 18.4 Å². The topological polar surface area (TPSA) is 97.0 Å². The predicted molar refractivity (Wildman–Crippen MR) is 92.5 cm³/mol. The molecule has 0 bridgehead atoms. The lowest BCUT2D eigenvalue weighted by atomic mass is 9.97. The zero-order valence-electron chi connectivity index (χ0n) is 14.0. The molecule has 126 valence electrons. The van der Waals surface area contributed by atoms with Crippen molar-refractivity contribution in [2.24, 2.45) is 0 Å². The second-order valence-corrected chi connectivity index (χ2v) is 6.22. The van der Waals surface area contributed by atoms with Crippen molar-refractivity contribution in [3.8, 4) is 0 Å². The van der Waals surface area contributed by atoms with Crippen LogP contribution in [0.5, 0.6) is 0 Å². The third-order valence-electron chi connectivity index (χ3n) is 4.22. The van der Waals surface area contributed by atoms with Gasteiger partial charge in [0.2, 0.25) is 17.8 Å². The van der Waals surface area contributed by atoms with Crippen LogP contribution < -0.4 is 16.0 Å². The largest absolute Gasteiger partial charge is 0.368 e. The number of benzene rings is 1. The molecule has 1 atom stereocenters. The van der Waals surface area contributed by atoms with Gasteiger partial charge in [0.15, 0.2) is 5.82 Å². The number of fused-ring (bicyclic) bond motifs is 1. The van der Waals surface area contributed by atoms with Crippen LogP contribution >= 0.6 is 0 Å². The molecule has 24 heavy (non-hydrogen) atoms. The summed E-state index contributed by atoms with van der Waals surface area (Å²) in [7, 11) is 3.66. The number of nitrogens with two attached hydrogens (primary N) is 1. The number of hydrogen-bond acceptors (Lipinski definition) is 6. The summed E-state index contributed by atoms with van der Waals surface area (Å²) in [6.45, 7) is 0.251. The molecule has 1 aliphatic carbocycles. The van der Waals surface area contributed by atoms with Gasteiger partial charge >= 0.3 is 0 Å². The van der Waals surface area contributed by atoms with Gasteiger partial charge in [-0.3, -0.25) is 4.79 Å². The first kappa shape index (κ1) is 16.2. The van der Waals surface area contributed by atoms with E-state index in [4.69, 9.17) is 5.73 Å². The highest BCUT2D eigenvalue weighted by Crippen LogP contribution is 2.35. The summed E-state index contributed by atoms with van der Waals surface area (Å²) in [5, 5.41) is 2.88. The van der Waals surface area contributed by atoms with Gasteiger partial charge in [-0.05, 0) is 29.9 Å². The van der Waals surface area contributed by atoms with Crippen molar-refractivity contribution >= 4 is 17.8 Å². The number of rotatable bonds is 5. The van der Waals surface area contributed by atoms with Gasteiger partial charge in [-0.15, -0.1) is 0 Å². The summed E-state index contributed by atoms with van der Waals surface area (Å²) >= 11 is 0. The lowest BCUT2D eigenvalue weighted by Crippen LogP contribution is -2.26. The second-order valence-electron chi connectivity index (χ2n) is 6.22. The average Bonchev–Trinajstić information content (AvgIpc) is 2.96. The molecular formula is C17H22N6O. The van der Waals surface area contributed by atoms with Crippen LogP contribution in [0.1, 0.15) is 35.7 Å². The minimum atomic E-state index is 0.00193. The number of nitrogen functional groups attached to an aromatic ring is 1. The third-order valence-corrected chi connectivity index (χ3v) is 4.22. The average molecular weight is 326 g/mol. The van der Waals surface area contributed by atoms with Gasteiger partial charge in [-0.2, -0.15) is 15.0 Å². The van der Waals surface area contributed by atoms with Crippen LogP contribution in [-0.4, -0.2) is 35.0 Å². The fraction of sp³-hybridized carbons (Fsp3) is 0.412. The molecule has 1 aromatic heterocycles. The Kier molecular flexibility index (Phi) is 4.59. The number of anilines is 2. The highest BCUT2D eigenvalue weighted by Gasteiger charge is 2.24. The Balaban J connectivity index is 1.59. The number of hydrogen-bond donors (Lipinski definition) is 2. The van der Waals surface area contributed by atoms with E-state index in [9.17, 15) is 4.79 Å². The van der Waals surface area contributed by atoms with Crippen LogP contribution in [0.25, 0.3) is 0 Å². The van der Waals surface area contributed by atoms with E-state index in [1.807, 2.05) is 20.2 Å². The van der Waals surface area contributed by atoms with Gasteiger partial charge in [0.25, 0.3) is 0 Å². The van der Waals surface area contributed by atoms with E-state index in [0.29, 0.717) is 24.1 Å². The van der Waals surface area contributed by atoms with Crippen LogP contribution in [0.3, 0.4) is 0 Å². The molecule has 0 radical (unpaired) electrons. The Morgan fingerprint density at radius 1 is 1.29 bits per heavy atom. The summed E-state index contributed by atoms with van der Waals surface area (Å²) in [6.07, 6.45) is 2.55. The highest BCUT2D eigenvalue weighted by molar-refractivity contribution is 5.77. The van der Waals surface area contributed by atoms with Crippen molar-refractivity contribution in [3.05, 3.63) is 41.2 Å². The van der Waals surface area contributed by atoms with Crippen molar-refractivity contribution in [3.63, 3.8) is 0 Å². The molecule has 1 unspecified atom stereocenters. The normalized spacial score (nSPS) is 15.8. The first-order chi connectivity index (χ1) is 11.5. The minimum absolute atomic E-state index is 0.00193. The lowest BCUT2D eigenvalue weighted by molar-refractivity contribution is -0.121. The van der Waals surface area contributed by atoms with Crippen molar-refractivity contribution in [1.29, 1.82) is 0 Å². The molecule has 0 saturated carbocycles. The molecule has 2 aromatic rings. The number of carbonyl (C=O) groups excluding carboxylic acids is 1. The maximum atomic E-state index is 12.3. The molecule has 1 heterocycles. The van der Waals surface area contributed by atoms with E-state index in [2.05, 4.69) is 38.5 Å². The van der Waals surface area contributed by atoms with Crippen LogP contribution in [0.15, 0.2) is 24.3 Å². The van der Waals surface area contributed by atoms with Crippen molar-refractivity contribution in [1.82, 2.24) is 20.3 Å². The fourth-order valence-electron chi connectivity index (χ4n) is 3.04. The number of aromatic nitrogens is 3. The van der Waals surface area contributed by atoms with Gasteiger partial charge in [0, 0.05) is 20.5 Å². The fourth-order valence-corrected chi connectivity index (χ4v) is 3.04. The third kappa shape index (κ3) is 3.61. The van der Waals surface area contributed by atoms with E-state index < -0.39 is 0 Å². The number of nitrogens with one attached hydrogen (secondary N) is 1. The Bertz CT molecular complexity index is 746. The molecule has 0 fully saturated rings. The molecule has 3 rings (SSSR count). The number of nitrogens with zero attached hydrogens (tertiary/aromatic N) is 4. The Hall–Kier alpha value is -2.70. The van der Waals surface area contributed by atoms with E-state index >= 15 is 0 Å². The molecule has 0 aliphatic heterocycles. The maximum Gasteiger partial charge on any atom is 0.229 e. The van der Waals surface area contributed by atoms with Crippen LogP contribution in [0, 0.1) is 0 Å². The summed E-state index contributed by atoms with van der Waals surface area (Å²) in [4.78, 5) is 26.4. The summed E-state index contributed by atoms with van der Waals surface area (Å²) in [5.41, 5.74) is 8.34. The van der Waals surface area contributed by atoms with Crippen molar-refractivity contribution < 1.29 is 4.79 Å². The molecule has 7 nitrogen and oxygen atoms in total. The van der Waals surface area contributed by atoms with Gasteiger partial charge in [0.05, 0.1) is 6.54 Å². The maximum absolute atomic E-state index is 12.3. The van der Waals surface area contributed by atoms with Gasteiger partial charge < -0.3 is 16.0 Å². The van der Waals surface area contributed by atoms with Gasteiger partial charge in [-0.25, -0.2) is 0 Å². The first-order valence-electron chi connectivity index (χ1n) is 8.05. The molecule has 7 heteroatoms. The smallest absolute Gasteiger partial charge is 0.229 e. The minimum Gasteiger partial charge on any atom is -0.368 e. The van der Waals surface area contributed by atoms with E-state index in [0.717, 1.165) is 12.8 Å². The standard InChI is InChI=1S/C17H22N6O/c1-23(2)17-21-14(20-16(18)22-17)10-19-15(24)9-12-8-7-11-5-3-4-6-13(11)12/h3-6,12H,7-10H2,1-2H3,(H,19,24)(H2,18,20,21,22). The van der Waals surface area contributed by atoms with E-state index in [1.165, 1.54) is 11.1 Å². The molecule has 1 amide bonds. The van der Waals surface area contributed by atoms with Crippen LogP contribution in [0.2, 0.25) is 0 Å². The van der Waals surface area contributed by atoms with Gasteiger partial charge in [0.1, 0.15) is 0 Å². The van der Waals surface area contributed by atoms with Crippen LogP contribution in [-0.2, 0) is 17.8 Å². The Labute approximate surface area is 141 Å². The van der Waals surface area contributed by atoms with Crippen LogP contribution in [0.4, 0.5) is 11.9 Å². The lowest BCUT2D eigenvalue weighted by Gasteiger charge is -2.13. The molecule has 3 N–H and O–H groups in total. The van der Waals surface area contributed by atoms with E-state index in [1.54, 1.807) is 4.90 Å². The highest BCUT2D eigenvalue weighted by atomic mass is 16.1. The molecule has 0 saturated heterocycles. The predicted octanol–water partition coefficient (Wildman–Crippen LogP) is 1.26. The number of amides is 1. The molecule has 0 spiro atoms. The summed E-state index contributed by atoms with van der Waals surface area (Å²) in [6, 6.07) is 8.35. The number of aryl methyl sites for hydroxylation is 1. The quantitative estimate of drug-likeness (QED) is 0.858. The van der Waals surface area contributed by atoms with Crippen molar-refractivity contribution in [2.75, 3.05) is 24.7 Å². The SMILES string of the molecule is CN(C)c1nc(N)nc(CNC(=O)CC2CCc3ccccc32)n1. The monoisotopic (exact) mass is 326 g/mol. The molecule has 1 aliphatic rings. The first-order valence-corrected chi connectivity index (χ1v) is 8.05. The molecular weight excluding hydrogens is 304 g/mol. The van der Waals surface area contributed by atoms with Gasteiger partial charge in [-0.1, -0.05) is 24.3 Å². The molecule has 1 aromatic carbocycles. The Morgan fingerprint density at radius 2 is 2.08 bits per heavy atom. The summed E-state index contributed by atoms with van der Waals surface area (Å²) in [5.74, 6) is 1.40. The van der Waals surface area contributed by atoms with Crippen molar-refractivity contribution in [2.45, 2.75) is 31.7 Å².